The van der Waals surface area contributed by atoms with Gasteiger partial charge in [0.1, 0.15) is 134 Å². The minimum absolute atomic E-state index is 0.119. The van der Waals surface area contributed by atoms with E-state index >= 15 is 0 Å². The Kier molecular flexibility index (Phi) is 20.7. The molecule has 0 radical (unpaired) electrons. The maximum absolute atomic E-state index is 12.9. The van der Waals surface area contributed by atoms with E-state index in [9.17, 15) is 96.4 Å². The summed E-state index contributed by atoms with van der Waals surface area (Å²) in [7, 11) is 0. The van der Waals surface area contributed by atoms with Crippen LogP contribution in [0.2, 0.25) is 0 Å². The Morgan fingerprint density at radius 2 is 0.941 bits per heavy atom. The zero-order chi connectivity index (χ0) is 50.6. The van der Waals surface area contributed by atoms with E-state index in [1.165, 1.54) is 13.8 Å². The fraction of sp³-hybridized carbons (Fsp3) is 0.947. The maximum Gasteiger partial charge on any atom is 0.217 e. The van der Waals surface area contributed by atoms with Crippen LogP contribution >= 0.6 is 0 Å². The number of rotatable bonds is 19. The van der Waals surface area contributed by atoms with Gasteiger partial charge in [0.25, 0.3) is 0 Å². The summed E-state index contributed by atoms with van der Waals surface area (Å²) in [5.41, 5.74) is 0. The number of ether oxygens (including phenoxy) is 10. The van der Waals surface area contributed by atoms with Gasteiger partial charge in [-0.25, -0.2) is 0 Å². The van der Waals surface area contributed by atoms with E-state index in [1.807, 2.05) is 0 Å². The molecule has 5 saturated heterocycles. The van der Waals surface area contributed by atoms with Gasteiger partial charge < -0.3 is 144 Å². The molecule has 0 spiro atoms. The fourth-order valence-electron chi connectivity index (χ4n) is 8.33. The second kappa shape index (κ2) is 24.7. The van der Waals surface area contributed by atoms with Gasteiger partial charge in [0, 0.05) is 6.92 Å². The van der Waals surface area contributed by atoms with E-state index in [2.05, 4.69) is 5.32 Å². The first kappa shape index (κ1) is 57.0. The Bertz CT molecular complexity index is 1570. The molecule has 396 valence electrons. The number of aliphatic hydroxyl groups excluding tert-OH is 17. The van der Waals surface area contributed by atoms with Crippen molar-refractivity contribution in [1.29, 1.82) is 0 Å². The second-order valence-corrected chi connectivity index (χ2v) is 17.1. The Balaban J connectivity index is 1.51. The molecular weight excluding hydrogens is 934 g/mol. The minimum Gasteiger partial charge on any atom is -0.394 e. The van der Waals surface area contributed by atoms with E-state index in [-0.39, 0.29) is 6.29 Å². The lowest BCUT2D eigenvalue weighted by atomic mass is 9.93. The number of carbonyl (C=O) groups excluding carboxylic acids is 2. The molecule has 0 aromatic carbocycles. The third-order valence-corrected chi connectivity index (χ3v) is 12.3. The molecular formula is C38H65NO29. The molecule has 30 heteroatoms. The van der Waals surface area contributed by atoms with Gasteiger partial charge in [-0.05, 0) is 13.8 Å². The molecule has 5 fully saturated rings. The van der Waals surface area contributed by atoms with Gasteiger partial charge in [0.05, 0.1) is 38.6 Å². The topological polar surface area (TPSA) is 482 Å². The summed E-state index contributed by atoms with van der Waals surface area (Å²) in [5.74, 6) is -0.900. The van der Waals surface area contributed by atoms with E-state index in [4.69, 9.17) is 47.4 Å². The predicted molar refractivity (Wildman–Crippen MR) is 209 cm³/mol. The number of nitrogens with one attached hydrogen (secondary N) is 1. The first-order valence-electron chi connectivity index (χ1n) is 21.6. The molecule has 5 heterocycles. The summed E-state index contributed by atoms with van der Waals surface area (Å²) < 4.78 is 57.6. The van der Waals surface area contributed by atoms with E-state index in [0.717, 1.165) is 6.92 Å². The van der Waals surface area contributed by atoms with Crippen LogP contribution in [0, 0.1) is 0 Å². The molecule has 0 aromatic heterocycles. The van der Waals surface area contributed by atoms with Crippen LogP contribution in [-0.2, 0) is 57.0 Å². The first-order chi connectivity index (χ1) is 32.0. The molecule has 29 unspecified atom stereocenters. The van der Waals surface area contributed by atoms with Crippen molar-refractivity contribution in [2.24, 2.45) is 0 Å². The van der Waals surface area contributed by atoms with E-state index in [1.54, 1.807) is 0 Å². The molecule has 29 atom stereocenters. The lowest BCUT2D eigenvalue weighted by Gasteiger charge is -2.51. The van der Waals surface area contributed by atoms with E-state index < -0.39 is 210 Å². The monoisotopic (exact) mass is 999 g/mol. The molecule has 68 heavy (non-hydrogen) atoms. The summed E-state index contributed by atoms with van der Waals surface area (Å²) in [6.45, 7) is -0.756. The third-order valence-electron chi connectivity index (χ3n) is 12.3. The molecule has 5 rings (SSSR count). The van der Waals surface area contributed by atoms with Crippen molar-refractivity contribution < 1.29 is 144 Å². The molecule has 0 bridgehead atoms. The Hall–Kier alpha value is -1.94. The SMILES string of the molecule is CC(=O)NC1C(OC2C(O)C(CO)OC(OC(C(O)CO)C(OC3OC(C)C(O)C(O)C3O)C(O)C=O)C2O)OC(CO)C(OC2OC(C)C(O)C(O)C2O)C1OC1OC(CO)C(O)C(O)C1O. The van der Waals surface area contributed by atoms with Crippen LogP contribution < -0.4 is 5.32 Å². The lowest BCUT2D eigenvalue weighted by Crippen LogP contribution is -2.71. The van der Waals surface area contributed by atoms with Crippen molar-refractivity contribution in [3.8, 4) is 0 Å². The van der Waals surface area contributed by atoms with Gasteiger partial charge in [-0.2, -0.15) is 0 Å². The van der Waals surface area contributed by atoms with Crippen molar-refractivity contribution in [1.82, 2.24) is 5.32 Å². The largest absolute Gasteiger partial charge is 0.394 e. The third kappa shape index (κ3) is 12.3. The number of carbonyl (C=O) groups is 2. The molecule has 5 aliphatic rings. The van der Waals surface area contributed by atoms with E-state index in [0.29, 0.717) is 0 Å². The number of hydrogen-bond acceptors (Lipinski definition) is 29. The quantitative estimate of drug-likeness (QED) is 0.0534. The lowest BCUT2D eigenvalue weighted by molar-refractivity contribution is -0.389. The normalized spacial score (nSPS) is 47.7. The number of hydrogen-bond donors (Lipinski definition) is 18. The molecule has 0 aliphatic carbocycles. The summed E-state index contributed by atoms with van der Waals surface area (Å²) in [6, 6.07) is -1.85. The average Bonchev–Trinajstić information content (AvgIpc) is 3.31. The van der Waals surface area contributed by atoms with Crippen molar-refractivity contribution in [2.45, 2.75) is 199 Å². The van der Waals surface area contributed by atoms with Crippen LogP contribution in [-0.4, -0.2) is 303 Å². The number of aldehydes is 1. The summed E-state index contributed by atoms with van der Waals surface area (Å²) in [5, 5.41) is 183. The Morgan fingerprint density at radius 3 is 1.47 bits per heavy atom. The van der Waals surface area contributed by atoms with Crippen LogP contribution in [0.1, 0.15) is 20.8 Å². The average molecular weight is 1000 g/mol. The standard InChI is InChI=1S/C38H65NO29/c1-9-18(48)22(52)25(55)35(59-9)64-29(12(46)4-40)30(13(47)5-41)65-38-28(58)33(21(51)15(7-43)62-38)68-34-17(39-11(3)45)32(67-37-27(57)24(54)20(50)14(6-42)61-37)31(16(8-44)63-34)66-36-26(56)23(53)19(49)10(2)60-36/h4,9-10,12-38,41-44,46-58H,5-8H2,1-3H3,(H,39,45). The molecule has 1 amide bonds. The Labute approximate surface area is 386 Å². The molecule has 30 nitrogen and oxygen atoms in total. The van der Waals surface area contributed by atoms with Crippen LogP contribution in [0.4, 0.5) is 0 Å². The summed E-state index contributed by atoms with van der Waals surface area (Å²) in [4.78, 5) is 24.9. The Morgan fingerprint density at radius 1 is 0.515 bits per heavy atom. The fourth-order valence-corrected chi connectivity index (χ4v) is 8.33. The van der Waals surface area contributed by atoms with Crippen molar-refractivity contribution in [3.05, 3.63) is 0 Å². The van der Waals surface area contributed by atoms with Crippen molar-refractivity contribution >= 4 is 12.2 Å². The van der Waals surface area contributed by atoms with Gasteiger partial charge in [0.2, 0.25) is 5.91 Å². The van der Waals surface area contributed by atoms with Crippen LogP contribution in [0.15, 0.2) is 0 Å². The van der Waals surface area contributed by atoms with Gasteiger partial charge in [0.15, 0.2) is 37.7 Å². The summed E-state index contributed by atoms with van der Waals surface area (Å²) in [6.07, 6.45) is -54.2. The van der Waals surface area contributed by atoms with Gasteiger partial charge in [-0.1, -0.05) is 0 Å². The zero-order valence-corrected chi connectivity index (χ0v) is 36.7. The minimum atomic E-state index is -2.34. The highest BCUT2D eigenvalue weighted by Gasteiger charge is 2.58. The van der Waals surface area contributed by atoms with Gasteiger partial charge in [-0.15, -0.1) is 0 Å². The summed E-state index contributed by atoms with van der Waals surface area (Å²) >= 11 is 0. The maximum atomic E-state index is 12.9. The molecule has 5 aliphatic heterocycles. The van der Waals surface area contributed by atoms with Crippen molar-refractivity contribution in [3.63, 3.8) is 0 Å². The predicted octanol–water partition coefficient (Wildman–Crippen LogP) is -12.1. The molecule has 0 saturated carbocycles. The second-order valence-electron chi connectivity index (χ2n) is 17.1. The first-order valence-corrected chi connectivity index (χ1v) is 21.6. The highest BCUT2D eigenvalue weighted by atomic mass is 16.8. The van der Waals surface area contributed by atoms with Crippen molar-refractivity contribution in [2.75, 3.05) is 26.4 Å². The van der Waals surface area contributed by atoms with Crippen LogP contribution in [0.5, 0.6) is 0 Å². The smallest absolute Gasteiger partial charge is 0.217 e. The number of aliphatic hydroxyl groups is 17. The van der Waals surface area contributed by atoms with Crippen LogP contribution in [0.25, 0.3) is 0 Å². The van der Waals surface area contributed by atoms with Gasteiger partial charge >= 0.3 is 0 Å². The highest BCUT2D eigenvalue weighted by Crippen LogP contribution is 2.37. The molecule has 0 aromatic rings. The highest BCUT2D eigenvalue weighted by molar-refractivity contribution is 5.73. The zero-order valence-electron chi connectivity index (χ0n) is 36.7. The van der Waals surface area contributed by atoms with Gasteiger partial charge in [-0.3, -0.25) is 4.79 Å². The number of amides is 1. The van der Waals surface area contributed by atoms with Crippen LogP contribution in [0.3, 0.4) is 0 Å². The molecule has 18 N–H and O–H groups in total.